The molecule has 0 saturated carbocycles. The van der Waals surface area contributed by atoms with Crippen molar-refractivity contribution in [3.63, 3.8) is 0 Å². The molecule has 0 aromatic heterocycles. The van der Waals surface area contributed by atoms with Gasteiger partial charge in [0.15, 0.2) is 0 Å². The molecule has 0 bridgehead atoms. The molecule has 0 saturated heterocycles. The molecule has 3 rings (SSSR count). The summed E-state index contributed by atoms with van der Waals surface area (Å²) in [5.41, 5.74) is 6.02. The topological polar surface area (TPSA) is 18.5 Å². The lowest BCUT2D eigenvalue weighted by molar-refractivity contribution is 0.415. The molecule has 0 spiro atoms. The molecule has 0 heterocycles. The highest BCUT2D eigenvalue weighted by molar-refractivity contribution is 5.74. The van der Waals surface area contributed by atoms with Crippen LogP contribution in [0.5, 0.6) is 11.5 Å². The lowest BCUT2D eigenvalue weighted by Crippen LogP contribution is -1.87. The van der Waals surface area contributed by atoms with E-state index in [0.717, 1.165) is 11.5 Å². The molecule has 23 heavy (non-hydrogen) atoms. The average molecular weight is 304 g/mol. The van der Waals surface area contributed by atoms with Crippen LogP contribution in [-0.2, 0) is 0 Å². The van der Waals surface area contributed by atoms with Gasteiger partial charge in [0.25, 0.3) is 0 Å². The number of methoxy groups -OCH3 is 2. The molecular weight excluding hydrogens is 284 g/mol. The van der Waals surface area contributed by atoms with Crippen LogP contribution in [0, 0.1) is 6.92 Å². The smallest absolute Gasteiger partial charge is 0.118 e. The standard InChI is InChI=1S/C21H20O2/c1-15-12-18(16-4-8-20(22-2)9-5-16)14-19(13-15)17-6-10-21(23-3)11-7-17/h4-14H,1-3H3. The molecule has 0 unspecified atom stereocenters. The van der Waals surface area contributed by atoms with Gasteiger partial charge in [0, 0.05) is 0 Å². The second-order valence-corrected chi connectivity index (χ2v) is 5.54. The first kappa shape index (κ1) is 15.2. The van der Waals surface area contributed by atoms with Gasteiger partial charge in [-0.3, -0.25) is 0 Å². The number of hydrogen-bond donors (Lipinski definition) is 0. The lowest BCUT2D eigenvalue weighted by atomic mass is 9.96. The van der Waals surface area contributed by atoms with E-state index in [1.165, 1.54) is 27.8 Å². The van der Waals surface area contributed by atoms with Gasteiger partial charge in [-0.2, -0.15) is 0 Å². The van der Waals surface area contributed by atoms with E-state index in [4.69, 9.17) is 9.47 Å². The van der Waals surface area contributed by atoms with Crippen LogP contribution < -0.4 is 9.47 Å². The van der Waals surface area contributed by atoms with Crippen molar-refractivity contribution in [3.05, 3.63) is 72.3 Å². The molecule has 0 aliphatic rings. The molecule has 0 aliphatic heterocycles. The van der Waals surface area contributed by atoms with Gasteiger partial charge >= 0.3 is 0 Å². The second-order valence-electron chi connectivity index (χ2n) is 5.54. The Morgan fingerprint density at radius 3 is 1.26 bits per heavy atom. The fraction of sp³-hybridized carbons (Fsp3) is 0.143. The fourth-order valence-electron chi connectivity index (χ4n) is 2.68. The number of aryl methyl sites for hydroxylation is 1. The highest BCUT2D eigenvalue weighted by atomic mass is 16.5. The predicted octanol–water partition coefficient (Wildman–Crippen LogP) is 5.35. The molecular formula is C21H20O2. The zero-order valence-corrected chi connectivity index (χ0v) is 13.7. The number of ether oxygens (including phenoxy) is 2. The first-order chi connectivity index (χ1) is 11.2. The molecule has 0 N–H and O–H groups in total. The van der Waals surface area contributed by atoms with Gasteiger partial charge in [-0.25, -0.2) is 0 Å². The molecule has 2 heteroatoms. The van der Waals surface area contributed by atoms with Crippen LogP contribution in [0.1, 0.15) is 5.56 Å². The Balaban J connectivity index is 2.00. The third-order valence-electron chi connectivity index (χ3n) is 3.92. The molecule has 0 amide bonds. The number of rotatable bonds is 4. The molecule has 0 fully saturated rings. The fourth-order valence-corrected chi connectivity index (χ4v) is 2.68. The summed E-state index contributed by atoms with van der Waals surface area (Å²) in [4.78, 5) is 0. The van der Waals surface area contributed by atoms with Crippen molar-refractivity contribution in [3.8, 4) is 33.8 Å². The molecule has 2 nitrogen and oxygen atoms in total. The van der Waals surface area contributed by atoms with Crippen LogP contribution >= 0.6 is 0 Å². The normalized spacial score (nSPS) is 10.4. The van der Waals surface area contributed by atoms with Crippen LogP contribution in [0.25, 0.3) is 22.3 Å². The van der Waals surface area contributed by atoms with Crippen LogP contribution in [0.4, 0.5) is 0 Å². The summed E-state index contributed by atoms with van der Waals surface area (Å²) in [6.07, 6.45) is 0. The average Bonchev–Trinajstić information content (AvgIpc) is 2.61. The summed E-state index contributed by atoms with van der Waals surface area (Å²) in [5, 5.41) is 0. The van der Waals surface area contributed by atoms with Gasteiger partial charge in [-0.15, -0.1) is 0 Å². The van der Waals surface area contributed by atoms with Crippen molar-refractivity contribution in [2.24, 2.45) is 0 Å². The lowest BCUT2D eigenvalue weighted by Gasteiger charge is -2.10. The Labute approximate surface area is 137 Å². The van der Waals surface area contributed by atoms with Crippen molar-refractivity contribution in [2.45, 2.75) is 6.92 Å². The van der Waals surface area contributed by atoms with E-state index in [9.17, 15) is 0 Å². The van der Waals surface area contributed by atoms with E-state index in [2.05, 4.69) is 49.4 Å². The Kier molecular flexibility index (Phi) is 4.33. The highest BCUT2D eigenvalue weighted by Crippen LogP contribution is 2.30. The van der Waals surface area contributed by atoms with Crippen molar-refractivity contribution in [1.29, 1.82) is 0 Å². The maximum Gasteiger partial charge on any atom is 0.118 e. The van der Waals surface area contributed by atoms with E-state index in [-0.39, 0.29) is 0 Å². The Morgan fingerprint density at radius 1 is 0.522 bits per heavy atom. The van der Waals surface area contributed by atoms with E-state index in [1.54, 1.807) is 14.2 Å². The van der Waals surface area contributed by atoms with Crippen molar-refractivity contribution in [1.82, 2.24) is 0 Å². The molecule has 3 aromatic rings. The third kappa shape index (κ3) is 3.37. The minimum atomic E-state index is 0.872. The summed E-state index contributed by atoms with van der Waals surface area (Å²) in [7, 11) is 3.37. The molecule has 3 aromatic carbocycles. The monoisotopic (exact) mass is 304 g/mol. The van der Waals surface area contributed by atoms with Gasteiger partial charge in [0.2, 0.25) is 0 Å². The minimum Gasteiger partial charge on any atom is -0.497 e. The summed E-state index contributed by atoms with van der Waals surface area (Å²) in [6, 6.07) is 22.9. The number of benzene rings is 3. The van der Waals surface area contributed by atoms with Crippen LogP contribution in [0.2, 0.25) is 0 Å². The summed E-state index contributed by atoms with van der Waals surface area (Å²) >= 11 is 0. The predicted molar refractivity (Wildman–Crippen MR) is 95.2 cm³/mol. The van der Waals surface area contributed by atoms with Gasteiger partial charge in [-0.05, 0) is 65.1 Å². The second kappa shape index (κ2) is 6.57. The van der Waals surface area contributed by atoms with E-state index >= 15 is 0 Å². The minimum absolute atomic E-state index is 0.872. The summed E-state index contributed by atoms with van der Waals surface area (Å²) in [6.45, 7) is 2.13. The van der Waals surface area contributed by atoms with Crippen molar-refractivity contribution in [2.75, 3.05) is 14.2 Å². The molecule has 0 aliphatic carbocycles. The van der Waals surface area contributed by atoms with E-state index in [0.29, 0.717) is 0 Å². The van der Waals surface area contributed by atoms with Gasteiger partial charge < -0.3 is 9.47 Å². The summed E-state index contributed by atoms with van der Waals surface area (Å²) < 4.78 is 10.5. The maximum atomic E-state index is 5.23. The van der Waals surface area contributed by atoms with Crippen LogP contribution in [0.15, 0.2) is 66.7 Å². The Morgan fingerprint density at radius 2 is 0.913 bits per heavy atom. The zero-order valence-electron chi connectivity index (χ0n) is 13.7. The van der Waals surface area contributed by atoms with E-state index < -0.39 is 0 Å². The largest absolute Gasteiger partial charge is 0.497 e. The van der Waals surface area contributed by atoms with Crippen LogP contribution in [-0.4, -0.2) is 14.2 Å². The third-order valence-corrected chi connectivity index (χ3v) is 3.92. The Bertz CT molecular complexity index is 721. The quantitative estimate of drug-likeness (QED) is 0.647. The maximum absolute atomic E-state index is 5.23. The van der Waals surface area contributed by atoms with Crippen LogP contribution in [0.3, 0.4) is 0 Å². The first-order valence-electron chi connectivity index (χ1n) is 7.60. The van der Waals surface area contributed by atoms with Gasteiger partial charge in [0.1, 0.15) is 11.5 Å². The first-order valence-corrected chi connectivity index (χ1v) is 7.60. The molecule has 0 atom stereocenters. The van der Waals surface area contributed by atoms with Gasteiger partial charge in [0.05, 0.1) is 14.2 Å². The molecule has 0 radical (unpaired) electrons. The SMILES string of the molecule is COc1ccc(-c2cc(C)cc(-c3ccc(OC)cc3)c2)cc1. The molecule has 116 valence electrons. The van der Waals surface area contributed by atoms with E-state index in [1.807, 2.05) is 24.3 Å². The Hall–Kier alpha value is -2.74. The summed E-state index contributed by atoms with van der Waals surface area (Å²) in [5.74, 6) is 1.74. The zero-order chi connectivity index (χ0) is 16.2. The van der Waals surface area contributed by atoms with Crippen molar-refractivity contribution < 1.29 is 9.47 Å². The van der Waals surface area contributed by atoms with Crippen molar-refractivity contribution >= 4 is 0 Å². The van der Waals surface area contributed by atoms with Gasteiger partial charge in [-0.1, -0.05) is 36.4 Å². The highest BCUT2D eigenvalue weighted by Gasteiger charge is 2.05. The number of hydrogen-bond acceptors (Lipinski definition) is 2.